The molecule has 0 aliphatic rings. The van der Waals surface area contributed by atoms with Crippen LogP contribution in [0.15, 0.2) is 18.3 Å². The molecule has 1 aromatic rings. The summed E-state index contributed by atoms with van der Waals surface area (Å²) in [5.74, 6) is 0.503. The van der Waals surface area contributed by atoms with Crippen LogP contribution >= 0.6 is 0 Å². The van der Waals surface area contributed by atoms with E-state index >= 15 is 0 Å². The molecule has 1 unspecified atom stereocenters. The number of sulfone groups is 1. The van der Waals surface area contributed by atoms with Crippen molar-refractivity contribution in [2.24, 2.45) is 0 Å². The lowest BCUT2D eigenvalue weighted by Crippen LogP contribution is -2.22. The van der Waals surface area contributed by atoms with Gasteiger partial charge in [0.05, 0.1) is 5.75 Å². The highest BCUT2D eigenvalue weighted by molar-refractivity contribution is 7.91. The largest absolute Gasteiger partial charge is 0.310 e. The number of hydrogen-bond acceptors (Lipinski definition) is 4. The van der Waals surface area contributed by atoms with Gasteiger partial charge in [0.2, 0.25) is 0 Å². The molecule has 0 aromatic carbocycles. The molecule has 0 amide bonds. The molecule has 0 saturated carbocycles. The lowest BCUT2D eigenvalue weighted by Gasteiger charge is -2.18. The van der Waals surface area contributed by atoms with Crippen LogP contribution in [0.3, 0.4) is 0 Å². The molecular weight excluding hydrogens is 260 g/mol. The summed E-state index contributed by atoms with van der Waals surface area (Å²) >= 11 is 0. The fourth-order valence-electron chi connectivity index (χ4n) is 2.07. The van der Waals surface area contributed by atoms with Crippen molar-refractivity contribution in [1.29, 1.82) is 0 Å². The zero-order valence-electron chi connectivity index (χ0n) is 12.0. The molecule has 1 heterocycles. The first-order valence-electron chi connectivity index (χ1n) is 6.85. The Balaban J connectivity index is 2.63. The minimum Gasteiger partial charge on any atom is -0.310 e. The predicted molar refractivity (Wildman–Crippen MR) is 79.0 cm³/mol. The van der Waals surface area contributed by atoms with Crippen molar-refractivity contribution >= 4 is 9.84 Å². The van der Waals surface area contributed by atoms with Crippen LogP contribution in [0.5, 0.6) is 0 Å². The van der Waals surface area contributed by atoms with Gasteiger partial charge >= 0.3 is 0 Å². The number of aryl methyl sites for hydroxylation is 1. The molecule has 0 spiro atoms. The molecule has 0 bridgehead atoms. The van der Waals surface area contributed by atoms with Crippen LogP contribution in [0, 0.1) is 6.92 Å². The average molecular weight is 284 g/mol. The standard InChI is InChI=1S/C14H24N2O2S/c1-4-15-14(7-6-10-19(17,18)5-2)13-8-9-16-12(3)11-13/h8-9,11,14-15H,4-7,10H2,1-3H3. The van der Waals surface area contributed by atoms with Gasteiger partial charge in [0.1, 0.15) is 9.84 Å². The molecule has 1 atom stereocenters. The van der Waals surface area contributed by atoms with Crippen LogP contribution in [0.2, 0.25) is 0 Å². The molecule has 0 aliphatic carbocycles. The van der Waals surface area contributed by atoms with E-state index in [0.717, 1.165) is 18.7 Å². The molecule has 19 heavy (non-hydrogen) atoms. The Morgan fingerprint density at radius 1 is 1.37 bits per heavy atom. The van der Waals surface area contributed by atoms with E-state index in [2.05, 4.69) is 23.3 Å². The monoisotopic (exact) mass is 284 g/mol. The average Bonchev–Trinajstić information content (AvgIpc) is 2.37. The van der Waals surface area contributed by atoms with Gasteiger partial charge in [0, 0.05) is 23.7 Å². The van der Waals surface area contributed by atoms with E-state index in [4.69, 9.17) is 0 Å². The van der Waals surface area contributed by atoms with Gasteiger partial charge in [-0.3, -0.25) is 4.98 Å². The number of nitrogens with zero attached hydrogens (tertiary/aromatic N) is 1. The van der Waals surface area contributed by atoms with Gasteiger partial charge in [0.15, 0.2) is 0 Å². The molecule has 5 heteroatoms. The van der Waals surface area contributed by atoms with Gasteiger partial charge in [-0.2, -0.15) is 0 Å². The molecule has 1 rings (SSSR count). The predicted octanol–water partition coefficient (Wildman–Crippen LogP) is 2.26. The zero-order chi connectivity index (χ0) is 14.3. The van der Waals surface area contributed by atoms with Gasteiger partial charge in [-0.05, 0) is 44.0 Å². The lowest BCUT2D eigenvalue weighted by molar-refractivity contribution is 0.506. The van der Waals surface area contributed by atoms with E-state index in [1.807, 2.05) is 13.0 Å². The third-order valence-corrected chi connectivity index (χ3v) is 4.95. The van der Waals surface area contributed by atoms with Crippen molar-refractivity contribution in [3.8, 4) is 0 Å². The molecule has 1 N–H and O–H groups in total. The van der Waals surface area contributed by atoms with Crippen molar-refractivity contribution in [3.63, 3.8) is 0 Å². The maximum Gasteiger partial charge on any atom is 0.150 e. The minimum atomic E-state index is -2.86. The van der Waals surface area contributed by atoms with Crippen molar-refractivity contribution in [2.75, 3.05) is 18.1 Å². The number of pyridine rings is 1. The summed E-state index contributed by atoms with van der Waals surface area (Å²) in [4.78, 5) is 4.19. The minimum absolute atomic E-state index is 0.207. The van der Waals surface area contributed by atoms with Crippen LogP contribution in [-0.2, 0) is 9.84 Å². The topological polar surface area (TPSA) is 59.1 Å². The first kappa shape index (κ1) is 16.1. The third kappa shape index (κ3) is 5.70. The quantitative estimate of drug-likeness (QED) is 0.795. The first-order chi connectivity index (χ1) is 8.98. The Labute approximate surface area is 116 Å². The van der Waals surface area contributed by atoms with Crippen molar-refractivity contribution in [2.45, 2.75) is 39.7 Å². The SMILES string of the molecule is CCNC(CCCS(=O)(=O)CC)c1ccnc(C)c1. The van der Waals surface area contributed by atoms with Crippen molar-refractivity contribution < 1.29 is 8.42 Å². The second kappa shape index (κ2) is 7.60. The smallest absolute Gasteiger partial charge is 0.150 e. The Bertz CT molecular complexity index is 486. The number of nitrogens with one attached hydrogen (secondary N) is 1. The highest BCUT2D eigenvalue weighted by Crippen LogP contribution is 2.19. The molecule has 108 valence electrons. The fraction of sp³-hybridized carbons (Fsp3) is 0.643. The van der Waals surface area contributed by atoms with Crippen molar-refractivity contribution in [1.82, 2.24) is 10.3 Å². The molecule has 4 nitrogen and oxygen atoms in total. The van der Waals surface area contributed by atoms with Crippen LogP contribution in [-0.4, -0.2) is 31.5 Å². The van der Waals surface area contributed by atoms with Gasteiger partial charge < -0.3 is 5.32 Å². The fourth-order valence-corrected chi connectivity index (χ4v) is 2.96. The normalized spacial score (nSPS) is 13.4. The van der Waals surface area contributed by atoms with E-state index in [1.54, 1.807) is 13.1 Å². The van der Waals surface area contributed by atoms with Gasteiger partial charge in [-0.1, -0.05) is 13.8 Å². The first-order valence-corrected chi connectivity index (χ1v) is 8.67. The van der Waals surface area contributed by atoms with Gasteiger partial charge in [-0.15, -0.1) is 0 Å². The molecule has 0 saturated heterocycles. The zero-order valence-corrected chi connectivity index (χ0v) is 12.8. The van der Waals surface area contributed by atoms with E-state index in [9.17, 15) is 8.42 Å². The van der Waals surface area contributed by atoms with Gasteiger partial charge in [0.25, 0.3) is 0 Å². The summed E-state index contributed by atoms with van der Waals surface area (Å²) in [6, 6.07) is 4.26. The summed E-state index contributed by atoms with van der Waals surface area (Å²) in [5.41, 5.74) is 2.17. The van der Waals surface area contributed by atoms with E-state index < -0.39 is 9.84 Å². The van der Waals surface area contributed by atoms with E-state index in [0.29, 0.717) is 6.42 Å². The van der Waals surface area contributed by atoms with Crippen LogP contribution in [0.4, 0.5) is 0 Å². The van der Waals surface area contributed by atoms with Crippen molar-refractivity contribution in [3.05, 3.63) is 29.6 Å². The highest BCUT2D eigenvalue weighted by atomic mass is 32.2. The number of rotatable bonds is 8. The Morgan fingerprint density at radius 3 is 2.68 bits per heavy atom. The van der Waals surface area contributed by atoms with Crippen LogP contribution in [0.25, 0.3) is 0 Å². The van der Waals surface area contributed by atoms with E-state index in [1.165, 1.54) is 5.56 Å². The Hall–Kier alpha value is -0.940. The second-order valence-corrected chi connectivity index (χ2v) is 7.19. The Morgan fingerprint density at radius 2 is 2.11 bits per heavy atom. The summed E-state index contributed by atoms with van der Waals surface area (Å²) in [6.45, 7) is 6.59. The van der Waals surface area contributed by atoms with E-state index in [-0.39, 0.29) is 17.5 Å². The highest BCUT2D eigenvalue weighted by Gasteiger charge is 2.13. The number of aromatic nitrogens is 1. The summed E-state index contributed by atoms with van der Waals surface area (Å²) < 4.78 is 23.0. The number of hydrogen-bond donors (Lipinski definition) is 1. The molecule has 0 fully saturated rings. The van der Waals surface area contributed by atoms with Crippen LogP contribution in [0.1, 0.15) is 44.0 Å². The maximum atomic E-state index is 11.5. The maximum absolute atomic E-state index is 11.5. The molecule has 0 aliphatic heterocycles. The second-order valence-electron chi connectivity index (χ2n) is 4.72. The molecule has 1 aromatic heterocycles. The molecule has 0 radical (unpaired) electrons. The Kier molecular flexibility index (Phi) is 6.45. The lowest BCUT2D eigenvalue weighted by atomic mass is 10.0. The molecular formula is C14H24N2O2S. The van der Waals surface area contributed by atoms with Gasteiger partial charge in [-0.25, -0.2) is 8.42 Å². The summed E-state index contributed by atoms with van der Waals surface area (Å²) in [5, 5.41) is 3.41. The third-order valence-electron chi connectivity index (χ3n) is 3.16. The summed E-state index contributed by atoms with van der Waals surface area (Å²) in [7, 11) is -2.86. The van der Waals surface area contributed by atoms with Crippen LogP contribution < -0.4 is 5.32 Å². The summed E-state index contributed by atoms with van der Waals surface area (Å²) in [6.07, 6.45) is 3.32.